The molecule has 0 unspecified atom stereocenters. The molecule has 0 saturated heterocycles. The average molecular weight is 291 g/mol. The Bertz CT molecular complexity index is 797. The predicted octanol–water partition coefficient (Wildman–Crippen LogP) is 4.49. The Balaban J connectivity index is 2.06. The number of para-hydroxylation sites is 1. The maximum Gasteiger partial charge on any atom is 0.260 e. The van der Waals surface area contributed by atoms with Crippen LogP contribution in [0.25, 0.3) is 10.8 Å². The summed E-state index contributed by atoms with van der Waals surface area (Å²) in [7, 11) is 0. The van der Waals surface area contributed by atoms with E-state index in [-0.39, 0.29) is 5.91 Å². The van der Waals surface area contributed by atoms with Gasteiger partial charge in [-0.3, -0.25) is 4.79 Å². The summed E-state index contributed by atoms with van der Waals surface area (Å²) < 4.78 is 5.64. The fraction of sp³-hybridized carbons (Fsp3) is 0.105. The third-order valence-corrected chi connectivity index (χ3v) is 3.45. The largest absolute Gasteiger partial charge is 0.493 e. The molecular weight excluding hydrogens is 274 g/mol. The Morgan fingerprint density at radius 3 is 2.45 bits per heavy atom. The van der Waals surface area contributed by atoms with Crippen LogP contribution in [0.3, 0.4) is 0 Å². The summed E-state index contributed by atoms with van der Waals surface area (Å²) in [6.07, 6.45) is 0. The number of nitrogens with one attached hydrogen (secondary N) is 1. The molecule has 0 fully saturated rings. The average Bonchev–Trinajstić information content (AvgIpc) is 2.55. The summed E-state index contributed by atoms with van der Waals surface area (Å²) in [5.74, 6) is 0.445. The van der Waals surface area contributed by atoms with E-state index in [4.69, 9.17) is 4.74 Å². The van der Waals surface area contributed by atoms with Crippen molar-refractivity contribution in [2.75, 3.05) is 11.9 Å². The van der Waals surface area contributed by atoms with Gasteiger partial charge in [-0.2, -0.15) is 0 Å². The first-order valence-corrected chi connectivity index (χ1v) is 7.30. The Labute approximate surface area is 129 Å². The topological polar surface area (TPSA) is 38.3 Å². The van der Waals surface area contributed by atoms with Crippen LogP contribution in [-0.2, 0) is 0 Å². The number of amides is 1. The number of fused-ring (bicyclic) bond motifs is 1. The number of hydrogen-bond donors (Lipinski definition) is 1. The van der Waals surface area contributed by atoms with Gasteiger partial charge in [-0.05, 0) is 35.9 Å². The minimum absolute atomic E-state index is 0.161. The van der Waals surface area contributed by atoms with Crippen molar-refractivity contribution in [2.45, 2.75) is 6.92 Å². The van der Waals surface area contributed by atoms with Crippen LogP contribution in [-0.4, -0.2) is 12.5 Å². The van der Waals surface area contributed by atoms with Crippen LogP contribution in [0.1, 0.15) is 17.3 Å². The van der Waals surface area contributed by atoms with Crippen molar-refractivity contribution in [1.82, 2.24) is 0 Å². The van der Waals surface area contributed by atoms with Crippen LogP contribution < -0.4 is 10.1 Å². The molecule has 22 heavy (non-hydrogen) atoms. The maximum atomic E-state index is 12.7. The van der Waals surface area contributed by atoms with E-state index in [0.29, 0.717) is 17.9 Å². The smallest absolute Gasteiger partial charge is 0.260 e. The van der Waals surface area contributed by atoms with Crippen molar-refractivity contribution < 1.29 is 9.53 Å². The number of carbonyl (C=O) groups is 1. The van der Waals surface area contributed by atoms with Gasteiger partial charge < -0.3 is 10.1 Å². The third-order valence-electron chi connectivity index (χ3n) is 3.45. The van der Waals surface area contributed by atoms with Gasteiger partial charge >= 0.3 is 0 Å². The highest BCUT2D eigenvalue weighted by molar-refractivity contribution is 6.15. The summed E-state index contributed by atoms with van der Waals surface area (Å²) in [4.78, 5) is 12.7. The fourth-order valence-electron chi connectivity index (χ4n) is 2.48. The van der Waals surface area contributed by atoms with E-state index in [1.165, 1.54) is 0 Å². The molecule has 3 aromatic rings. The molecular formula is C19H17NO2. The standard InChI is InChI=1S/C19H17NO2/c1-2-22-17-13-12-14-8-6-7-11-16(14)18(17)19(21)20-15-9-4-3-5-10-15/h3-13H,2H2,1H3,(H,20,21). The SMILES string of the molecule is CCOc1ccc2ccccc2c1C(=O)Nc1ccccc1. The van der Waals surface area contributed by atoms with E-state index in [1.54, 1.807) is 0 Å². The van der Waals surface area contributed by atoms with Crippen LogP contribution in [0, 0.1) is 0 Å². The van der Waals surface area contributed by atoms with Crippen LogP contribution in [0.15, 0.2) is 66.7 Å². The quantitative estimate of drug-likeness (QED) is 0.769. The highest BCUT2D eigenvalue weighted by Gasteiger charge is 2.16. The lowest BCUT2D eigenvalue weighted by molar-refractivity contribution is 0.102. The van der Waals surface area contributed by atoms with Crippen LogP contribution in [0.2, 0.25) is 0 Å². The van der Waals surface area contributed by atoms with Gasteiger partial charge in [0, 0.05) is 5.69 Å². The number of carbonyl (C=O) groups excluding carboxylic acids is 1. The zero-order valence-corrected chi connectivity index (χ0v) is 12.4. The Kier molecular flexibility index (Phi) is 4.05. The van der Waals surface area contributed by atoms with E-state index >= 15 is 0 Å². The lowest BCUT2D eigenvalue weighted by atomic mass is 10.0. The summed E-state index contributed by atoms with van der Waals surface area (Å²) in [5.41, 5.74) is 1.34. The van der Waals surface area contributed by atoms with Gasteiger partial charge in [0.2, 0.25) is 0 Å². The molecule has 0 aliphatic heterocycles. The van der Waals surface area contributed by atoms with Gasteiger partial charge in [-0.25, -0.2) is 0 Å². The van der Waals surface area contributed by atoms with Gasteiger partial charge in [0.15, 0.2) is 0 Å². The van der Waals surface area contributed by atoms with Crippen LogP contribution in [0.5, 0.6) is 5.75 Å². The lowest BCUT2D eigenvalue weighted by Crippen LogP contribution is -2.14. The predicted molar refractivity (Wildman–Crippen MR) is 89.5 cm³/mol. The van der Waals surface area contributed by atoms with Gasteiger partial charge in [0.05, 0.1) is 12.2 Å². The minimum atomic E-state index is -0.161. The second kappa shape index (κ2) is 6.31. The molecule has 0 aliphatic carbocycles. The van der Waals surface area contributed by atoms with Crippen LogP contribution in [0.4, 0.5) is 5.69 Å². The normalized spacial score (nSPS) is 10.4. The highest BCUT2D eigenvalue weighted by atomic mass is 16.5. The molecule has 3 nitrogen and oxygen atoms in total. The third kappa shape index (κ3) is 2.79. The van der Waals surface area contributed by atoms with E-state index in [9.17, 15) is 4.79 Å². The summed E-state index contributed by atoms with van der Waals surface area (Å²) in [5, 5.41) is 4.84. The highest BCUT2D eigenvalue weighted by Crippen LogP contribution is 2.29. The van der Waals surface area contributed by atoms with Crippen molar-refractivity contribution in [3.63, 3.8) is 0 Å². The molecule has 0 atom stereocenters. The molecule has 0 aliphatic rings. The molecule has 0 heterocycles. The molecule has 110 valence electrons. The fourth-order valence-corrected chi connectivity index (χ4v) is 2.48. The number of benzene rings is 3. The van der Waals surface area contributed by atoms with E-state index in [1.807, 2.05) is 73.7 Å². The molecule has 0 radical (unpaired) electrons. The lowest BCUT2D eigenvalue weighted by Gasteiger charge is -2.13. The van der Waals surface area contributed by atoms with Crippen molar-refractivity contribution in [3.05, 3.63) is 72.3 Å². The molecule has 1 amide bonds. The van der Waals surface area contributed by atoms with Gasteiger partial charge in [-0.1, -0.05) is 48.5 Å². The summed E-state index contributed by atoms with van der Waals surface area (Å²) in [6.45, 7) is 2.43. The number of anilines is 1. The van der Waals surface area contributed by atoms with E-state index < -0.39 is 0 Å². The van der Waals surface area contributed by atoms with E-state index in [0.717, 1.165) is 16.5 Å². The van der Waals surface area contributed by atoms with Crippen molar-refractivity contribution in [3.8, 4) is 5.75 Å². The van der Waals surface area contributed by atoms with Crippen molar-refractivity contribution >= 4 is 22.4 Å². The molecule has 0 saturated carbocycles. The van der Waals surface area contributed by atoms with Crippen LogP contribution >= 0.6 is 0 Å². The van der Waals surface area contributed by atoms with Gasteiger partial charge in [0.1, 0.15) is 5.75 Å². The monoisotopic (exact) mass is 291 g/mol. The zero-order chi connectivity index (χ0) is 15.4. The van der Waals surface area contributed by atoms with Gasteiger partial charge in [0.25, 0.3) is 5.91 Å². The van der Waals surface area contributed by atoms with Gasteiger partial charge in [-0.15, -0.1) is 0 Å². The molecule has 1 N–H and O–H groups in total. The molecule has 0 aromatic heterocycles. The summed E-state index contributed by atoms with van der Waals surface area (Å²) >= 11 is 0. The Morgan fingerprint density at radius 2 is 1.68 bits per heavy atom. The Morgan fingerprint density at radius 1 is 0.955 bits per heavy atom. The molecule has 0 bridgehead atoms. The first-order valence-electron chi connectivity index (χ1n) is 7.30. The number of rotatable bonds is 4. The molecule has 3 heteroatoms. The van der Waals surface area contributed by atoms with Crippen molar-refractivity contribution in [1.29, 1.82) is 0 Å². The first kappa shape index (κ1) is 14.1. The molecule has 3 rings (SSSR count). The number of ether oxygens (including phenoxy) is 1. The second-order valence-electron chi connectivity index (χ2n) is 4.91. The molecule has 3 aromatic carbocycles. The zero-order valence-electron chi connectivity index (χ0n) is 12.4. The van der Waals surface area contributed by atoms with Crippen molar-refractivity contribution in [2.24, 2.45) is 0 Å². The second-order valence-corrected chi connectivity index (χ2v) is 4.91. The summed E-state index contributed by atoms with van der Waals surface area (Å²) in [6, 6.07) is 21.1. The maximum absolute atomic E-state index is 12.7. The minimum Gasteiger partial charge on any atom is -0.493 e. The first-order chi connectivity index (χ1) is 10.8. The molecule has 0 spiro atoms. The Hall–Kier alpha value is -2.81. The van der Waals surface area contributed by atoms with E-state index in [2.05, 4.69) is 5.32 Å². The number of hydrogen-bond acceptors (Lipinski definition) is 2.